The minimum atomic E-state index is -3.17. The maximum atomic E-state index is 13.3. The number of nitrogens with one attached hydrogen (secondary N) is 2. The Hall–Kier alpha value is -2.43. The van der Waals surface area contributed by atoms with Crippen LogP contribution in [-0.4, -0.2) is 62.4 Å². The number of hydrogen-bond acceptors (Lipinski definition) is 6. The third-order valence-electron chi connectivity index (χ3n) is 6.30. The molecule has 2 unspecified atom stereocenters. The Kier molecular flexibility index (Phi) is 6.78. The van der Waals surface area contributed by atoms with Crippen LogP contribution in [0.2, 0.25) is 0 Å². The van der Waals surface area contributed by atoms with Crippen LogP contribution in [0.15, 0.2) is 47.4 Å². The van der Waals surface area contributed by atoms with Crippen LogP contribution in [0, 0.1) is 6.92 Å². The van der Waals surface area contributed by atoms with E-state index in [0.29, 0.717) is 29.2 Å². The molecule has 1 saturated heterocycles. The van der Waals surface area contributed by atoms with Gasteiger partial charge in [-0.1, -0.05) is 35.9 Å². The van der Waals surface area contributed by atoms with E-state index in [9.17, 15) is 23.8 Å². The lowest BCUT2D eigenvalue weighted by atomic mass is 9.97. The van der Waals surface area contributed by atoms with Gasteiger partial charge in [0.05, 0.1) is 28.6 Å². The molecule has 5 N–H and O–H groups in total. The first kappa shape index (κ1) is 23.7. The molecule has 2 aromatic carbocycles. The van der Waals surface area contributed by atoms with E-state index >= 15 is 0 Å². The molecule has 0 aromatic heterocycles. The number of carbonyl (C=O) groups is 2. The zero-order chi connectivity index (χ0) is 23.8. The summed E-state index contributed by atoms with van der Waals surface area (Å²) in [6, 6.07) is 12.7. The second-order valence-corrected chi connectivity index (χ2v) is 11.1. The van der Waals surface area contributed by atoms with Crippen molar-refractivity contribution in [2.45, 2.75) is 43.2 Å². The first-order valence-corrected chi connectivity index (χ1v) is 12.8. The fourth-order valence-electron chi connectivity index (χ4n) is 4.45. The smallest absolute Gasteiger partial charge is 0.244 e. The van der Waals surface area contributed by atoms with Crippen LogP contribution < -0.4 is 10.6 Å². The molecule has 0 saturated carbocycles. The van der Waals surface area contributed by atoms with Gasteiger partial charge in [0.15, 0.2) is 0 Å². The first-order valence-electron chi connectivity index (χ1n) is 11.1. The molecule has 2 heterocycles. The zero-order valence-electron chi connectivity index (χ0n) is 18.8. The van der Waals surface area contributed by atoms with E-state index in [0.717, 1.165) is 24.1 Å². The number of amides is 2. The second-order valence-electron chi connectivity index (χ2n) is 9.01. The van der Waals surface area contributed by atoms with Gasteiger partial charge in [0.2, 0.25) is 11.8 Å². The Bertz CT molecular complexity index is 1060. The van der Waals surface area contributed by atoms with Crippen molar-refractivity contribution in [1.29, 1.82) is 0 Å². The third kappa shape index (κ3) is 5.39. The van der Waals surface area contributed by atoms with Crippen LogP contribution in [0.25, 0.3) is 0 Å². The van der Waals surface area contributed by atoms with Crippen molar-refractivity contribution in [2.75, 3.05) is 30.7 Å². The summed E-state index contributed by atoms with van der Waals surface area (Å²) in [5, 5.41) is 15.7. The van der Waals surface area contributed by atoms with Gasteiger partial charge < -0.3 is 15.7 Å². The fraction of sp³-hybridized carbons (Fsp3) is 0.417. The summed E-state index contributed by atoms with van der Waals surface area (Å²) < 4.78 is 20.5. The van der Waals surface area contributed by atoms with Crippen LogP contribution in [0.5, 0.6) is 0 Å². The highest BCUT2D eigenvalue weighted by molar-refractivity contribution is 8.25. The standard InChI is InChI=1S/C24H31N3O5S/c1-15-4-3-5-18(10-15)21(13-27-9-8-19(28)12-27)26-24(30)16(2)17-6-7-22-20(11-17)25-23(29)14-33(22,31)32/h3-7,10-11,16,19,21,28,31-32H,8-9,12-14H2,1-2H3,(H,25,29)(H,26,30)/t16?,19?,21-/m1/s1. The van der Waals surface area contributed by atoms with E-state index in [-0.39, 0.29) is 23.8 Å². The normalized spacial score (nSPS) is 22.7. The summed E-state index contributed by atoms with van der Waals surface area (Å²) in [7, 11) is -3.17. The van der Waals surface area contributed by atoms with E-state index < -0.39 is 22.4 Å². The molecule has 2 amide bonds. The predicted octanol–water partition coefficient (Wildman–Crippen LogP) is 3.08. The molecule has 0 radical (unpaired) electrons. The predicted molar refractivity (Wildman–Crippen MR) is 129 cm³/mol. The molecule has 2 aliphatic heterocycles. The molecular formula is C24H31N3O5S. The van der Waals surface area contributed by atoms with Crippen LogP contribution in [0.4, 0.5) is 5.69 Å². The van der Waals surface area contributed by atoms with Crippen LogP contribution in [-0.2, 0) is 9.59 Å². The van der Waals surface area contributed by atoms with E-state index in [4.69, 9.17) is 0 Å². The molecule has 2 aromatic rings. The lowest BCUT2D eigenvalue weighted by Gasteiger charge is -2.37. The van der Waals surface area contributed by atoms with Crippen LogP contribution in [0.1, 0.15) is 42.0 Å². The second kappa shape index (κ2) is 9.44. The summed E-state index contributed by atoms with van der Waals surface area (Å²) in [5.41, 5.74) is 3.11. The van der Waals surface area contributed by atoms with Crippen molar-refractivity contribution >= 4 is 28.1 Å². The highest BCUT2D eigenvalue weighted by Crippen LogP contribution is 2.54. The summed E-state index contributed by atoms with van der Waals surface area (Å²) in [6.45, 7) is 5.76. The molecule has 0 spiro atoms. The van der Waals surface area contributed by atoms with Gasteiger partial charge in [0, 0.05) is 19.6 Å². The van der Waals surface area contributed by atoms with Crippen molar-refractivity contribution < 1.29 is 23.8 Å². The molecule has 178 valence electrons. The number of likely N-dealkylation sites (tertiary alicyclic amines) is 1. The minimum absolute atomic E-state index is 0.171. The number of aryl methyl sites for hydroxylation is 1. The number of fused-ring (bicyclic) bond motifs is 1. The van der Waals surface area contributed by atoms with Crippen LogP contribution in [0.3, 0.4) is 0 Å². The van der Waals surface area contributed by atoms with Gasteiger partial charge in [-0.15, -0.1) is 0 Å². The molecular weight excluding hydrogens is 442 g/mol. The third-order valence-corrected chi connectivity index (χ3v) is 8.03. The maximum Gasteiger partial charge on any atom is 0.244 e. The lowest BCUT2D eigenvalue weighted by molar-refractivity contribution is -0.123. The largest absolute Gasteiger partial charge is 0.392 e. The molecule has 33 heavy (non-hydrogen) atoms. The van der Waals surface area contributed by atoms with Gasteiger partial charge in [0.25, 0.3) is 0 Å². The molecule has 1 fully saturated rings. The van der Waals surface area contributed by atoms with E-state index in [1.807, 2.05) is 25.1 Å². The molecule has 0 aliphatic carbocycles. The number of hydrogen-bond donors (Lipinski definition) is 5. The van der Waals surface area contributed by atoms with E-state index in [1.54, 1.807) is 25.1 Å². The van der Waals surface area contributed by atoms with Gasteiger partial charge in [0.1, 0.15) is 5.75 Å². The summed E-state index contributed by atoms with van der Waals surface area (Å²) in [5.74, 6) is -1.50. The molecule has 2 aliphatic rings. The number of rotatable bonds is 6. The summed E-state index contributed by atoms with van der Waals surface area (Å²) >= 11 is 0. The lowest BCUT2D eigenvalue weighted by Crippen LogP contribution is -2.39. The number of β-amino-alcohol motifs (C(OH)–C–C–N with tert-alkyl or cyclic N) is 1. The van der Waals surface area contributed by atoms with Crippen molar-refractivity contribution in [3.05, 3.63) is 59.2 Å². The average Bonchev–Trinajstić information content (AvgIpc) is 3.16. The minimum Gasteiger partial charge on any atom is -0.392 e. The number of aliphatic hydroxyl groups is 1. The first-order chi connectivity index (χ1) is 15.6. The Morgan fingerprint density at radius 2 is 2.03 bits per heavy atom. The van der Waals surface area contributed by atoms with Gasteiger partial charge >= 0.3 is 0 Å². The van der Waals surface area contributed by atoms with Crippen molar-refractivity contribution in [2.24, 2.45) is 0 Å². The van der Waals surface area contributed by atoms with Gasteiger partial charge in [-0.25, -0.2) is 0 Å². The highest BCUT2D eigenvalue weighted by Gasteiger charge is 2.31. The molecule has 9 heteroatoms. The Morgan fingerprint density at radius 3 is 2.73 bits per heavy atom. The number of anilines is 1. The Morgan fingerprint density at radius 1 is 1.24 bits per heavy atom. The molecule has 8 nitrogen and oxygen atoms in total. The number of aliphatic hydroxyl groups excluding tert-OH is 1. The monoisotopic (exact) mass is 473 g/mol. The topological polar surface area (TPSA) is 122 Å². The van der Waals surface area contributed by atoms with Gasteiger partial charge in [-0.05, 0) is 43.5 Å². The average molecular weight is 474 g/mol. The number of carbonyl (C=O) groups excluding carboxylic acids is 2. The van der Waals surface area contributed by atoms with Crippen molar-refractivity contribution in [3.8, 4) is 0 Å². The Labute approximate surface area is 195 Å². The molecule has 4 rings (SSSR count). The van der Waals surface area contributed by atoms with Crippen molar-refractivity contribution in [1.82, 2.24) is 10.2 Å². The summed E-state index contributed by atoms with van der Waals surface area (Å²) in [6.07, 6.45) is 0.390. The number of nitrogens with zero attached hydrogens (tertiary/aromatic N) is 1. The fourth-order valence-corrected chi connectivity index (χ4v) is 5.79. The van der Waals surface area contributed by atoms with E-state index in [1.165, 1.54) is 0 Å². The maximum absolute atomic E-state index is 13.3. The quantitative estimate of drug-likeness (QED) is 0.440. The van der Waals surface area contributed by atoms with E-state index in [2.05, 4.69) is 21.6 Å². The SMILES string of the molecule is Cc1cccc([C@@H](CN2CCC(O)C2)NC(=O)C(C)c2ccc3c(c2)NC(=O)CS3(O)O)c1. The molecule has 3 atom stereocenters. The number of benzene rings is 2. The highest BCUT2D eigenvalue weighted by atomic mass is 32.3. The Balaban J connectivity index is 1.54. The van der Waals surface area contributed by atoms with Gasteiger partial charge in [-0.3, -0.25) is 23.6 Å². The van der Waals surface area contributed by atoms with Gasteiger partial charge in [-0.2, -0.15) is 10.6 Å². The molecule has 0 bridgehead atoms. The van der Waals surface area contributed by atoms with Crippen molar-refractivity contribution in [3.63, 3.8) is 0 Å². The summed E-state index contributed by atoms with van der Waals surface area (Å²) in [4.78, 5) is 27.6. The van der Waals surface area contributed by atoms with Crippen LogP contribution >= 0.6 is 10.6 Å². The zero-order valence-corrected chi connectivity index (χ0v) is 19.6.